The maximum Gasteiger partial charge on any atom is 0.308 e. The van der Waals surface area contributed by atoms with Crippen LogP contribution in [0.4, 0.5) is 0 Å². The lowest BCUT2D eigenvalue weighted by Crippen LogP contribution is -2.07. The summed E-state index contributed by atoms with van der Waals surface area (Å²) in [7, 11) is 0. The summed E-state index contributed by atoms with van der Waals surface area (Å²) < 4.78 is 5.15. The third-order valence-corrected chi connectivity index (χ3v) is 2.52. The molecule has 0 radical (unpaired) electrons. The average Bonchev–Trinajstić information content (AvgIpc) is 2.07. The lowest BCUT2D eigenvalue weighted by Gasteiger charge is -2.19. The van der Waals surface area contributed by atoms with Crippen molar-refractivity contribution < 1.29 is 9.53 Å². The SMILES string of the molecule is CC(=O)OC1=C(C)CCC(C(C)C)=C1. The largest absolute Gasteiger partial charge is 0.427 e. The highest BCUT2D eigenvalue weighted by molar-refractivity contribution is 5.68. The maximum atomic E-state index is 10.8. The van der Waals surface area contributed by atoms with E-state index < -0.39 is 0 Å². The average molecular weight is 194 g/mol. The van der Waals surface area contributed by atoms with Crippen molar-refractivity contribution in [3.8, 4) is 0 Å². The summed E-state index contributed by atoms with van der Waals surface area (Å²) in [6, 6.07) is 0. The van der Waals surface area contributed by atoms with Crippen LogP contribution in [0.25, 0.3) is 0 Å². The number of hydrogen-bond acceptors (Lipinski definition) is 2. The van der Waals surface area contributed by atoms with Gasteiger partial charge in [-0.15, -0.1) is 0 Å². The van der Waals surface area contributed by atoms with Gasteiger partial charge in [-0.05, 0) is 37.3 Å². The Kier molecular flexibility index (Phi) is 3.50. The van der Waals surface area contributed by atoms with Gasteiger partial charge in [-0.25, -0.2) is 0 Å². The van der Waals surface area contributed by atoms with E-state index in [9.17, 15) is 4.79 Å². The highest BCUT2D eigenvalue weighted by atomic mass is 16.5. The molecule has 78 valence electrons. The second-order valence-electron chi connectivity index (χ2n) is 4.11. The molecule has 0 N–H and O–H groups in total. The van der Waals surface area contributed by atoms with Crippen LogP contribution in [-0.2, 0) is 9.53 Å². The number of carbonyl (C=O) groups is 1. The number of ether oxygens (including phenoxy) is 1. The second kappa shape index (κ2) is 4.45. The fraction of sp³-hybridized carbons (Fsp3) is 0.583. The second-order valence-corrected chi connectivity index (χ2v) is 4.11. The van der Waals surface area contributed by atoms with E-state index in [4.69, 9.17) is 4.74 Å². The molecule has 0 bridgehead atoms. The van der Waals surface area contributed by atoms with Crippen LogP contribution in [0, 0.1) is 5.92 Å². The van der Waals surface area contributed by atoms with Gasteiger partial charge < -0.3 is 4.74 Å². The molecule has 0 aromatic heterocycles. The van der Waals surface area contributed by atoms with E-state index in [1.807, 2.05) is 13.0 Å². The van der Waals surface area contributed by atoms with Crippen LogP contribution in [0.15, 0.2) is 23.0 Å². The van der Waals surface area contributed by atoms with Crippen molar-refractivity contribution in [1.29, 1.82) is 0 Å². The minimum Gasteiger partial charge on any atom is -0.427 e. The molecule has 1 rings (SSSR count). The van der Waals surface area contributed by atoms with E-state index in [1.165, 1.54) is 18.1 Å². The van der Waals surface area contributed by atoms with Gasteiger partial charge in [-0.2, -0.15) is 0 Å². The highest BCUT2D eigenvalue weighted by Gasteiger charge is 2.14. The van der Waals surface area contributed by atoms with Gasteiger partial charge in [0.25, 0.3) is 0 Å². The Morgan fingerprint density at radius 1 is 1.43 bits per heavy atom. The molecule has 2 nitrogen and oxygen atoms in total. The first-order valence-corrected chi connectivity index (χ1v) is 5.09. The summed E-state index contributed by atoms with van der Waals surface area (Å²) >= 11 is 0. The van der Waals surface area contributed by atoms with E-state index >= 15 is 0 Å². The van der Waals surface area contributed by atoms with Crippen molar-refractivity contribution in [2.75, 3.05) is 0 Å². The molecule has 0 atom stereocenters. The summed E-state index contributed by atoms with van der Waals surface area (Å²) in [6.07, 6.45) is 4.12. The Labute approximate surface area is 85.6 Å². The van der Waals surface area contributed by atoms with E-state index in [-0.39, 0.29) is 5.97 Å². The van der Waals surface area contributed by atoms with Gasteiger partial charge in [0.05, 0.1) is 0 Å². The molecule has 0 aliphatic heterocycles. The van der Waals surface area contributed by atoms with E-state index in [1.54, 1.807) is 0 Å². The van der Waals surface area contributed by atoms with E-state index in [2.05, 4.69) is 13.8 Å². The summed E-state index contributed by atoms with van der Waals surface area (Å²) in [4.78, 5) is 10.8. The van der Waals surface area contributed by atoms with Gasteiger partial charge in [-0.3, -0.25) is 4.79 Å². The Morgan fingerprint density at radius 3 is 2.57 bits per heavy atom. The zero-order chi connectivity index (χ0) is 10.7. The summed E-state index contributed by atoms with van der Waals surface area (Å²) in [5.41, 5.74) is 2.54. The van der Waals surface area contributed by atoms with Crippen molar-refractivity contribution in [2.24, 2.45) is 5.92 Å². The van der Waals surface area contributed by atoms with Crippen molar-refractivity contribution in [3.05, 3.63) is 23.0 Å². The van der Waals surface area contributed by atoms with Gasteiger partial charge >= 0.3 is 5.97 Å². The number of rotatable bonds is 2. The molecule has 0 spiro atoms. The molecule has 2 heteroatoms. The number of allylic oxidation sites excluding steroid dienone is 3. The minimum absolute atomic E-state index is 0.236. The molecule has 14 heavy (non-hydrogen) atoms. The first-order valence-electron chi connectivity index (χ1n) is 5.09. The molecule has 0 aromatic rings. The predicted octanol–water partition coefficient (Wildman–Crippen LogP) is 3.20. The lowest BCUT2D eigenvalue weighted by atomic mass is 9.91. The summed E-state index contributed by atoms with van der Waals surface area (Å²) in [5, 5.41) is 0. The molecule has 0 saturated heterocycles. The monoisotopic (exact) mass is 194 g/mol. The topological polar surface area (TPSA) is 26.3 Å². The molecule has 0 saturated carbocycles. The van der Waals surface area contributed by atoms with Gasteiger partial charge in [0.2, 0.25) is 0 Å². The zero-order valence-electron chi connectivity index (χ0n) is 9.39. The molecule has 0 amide bonds. The molecular weight excluding hydrogens is 176 g/mol. The minimum atomic E-state index is -0.236. The number of hydrogen-bond donors (Lipinski definition) is 0. The molecule has 0 aromatic carbocycles. The lowest BCUT2D eigenvalue weighted by molar-refractivity contribution is -0.136. The number of esters is 1. The Bertz CT molecular complexity index is 295. The zero-order valence-corrected chi connectivity index (χ0v) is 9.39. The molecule has 0 fully saturated rings. The van der Waals surface area contributed by atoms with E-state index in [0.29, 0.717) is 5.92 Å². The Balaban J connectivity index is 2.85. The van der Waals surface area contributed by atoms with Crippen LogP contribution >= 0.6 is 0 Å². The van der Waals surface area contributed by atoms with Crippen molar-refractivity contribution in [2.45, 2.75) is 40.5 Å². The molecule has 0 unspecified atom stereocenters. The smallest absolute Gasteiger partial charge is 0.308 e. The molecular formula is C12H18O2. The third kappa shape index (κ3) is 2.72. The van der Waals surface area contributed by atoms with E-state index in [0.717, 1.165) is 18.6 Å². The van der Waals surface area contributed by atoms with Crippen LogP contribution in [0.5, 0.6) is 0 Å². The fourth-order valence-electron chi connectivity index (χ4n) is 1.55. The van der Waals surface area contributed by atoms with Crippen LogP contribution in [0.1, 0.15) is 40.5 Å². The highest BCUT2D eigenvalue weighted by Crippen LogP contribution is 2.28. The van der Waals surface area contributed by atoms with Crippen LogP contribution in [0.2, 0.25) is 0 Å². The Hall–Kier alpha value is -1.05. The van der Waals surface area contributed by atoms with Crippen LogP contribution < -0.4 is 0 Å². The van der Waals surface area contributed by atoms with Gasteiger partial charge in [-0.1, -0.05) is 19.4 Å². The molecule has 1 aliphatic carbocycles. The predicted molar refractivity (Wildman–Crippen MR) is 56.6 cm³/mol. The fourth-order valence-corrected chi connectivity index (χ4v) is 1.55. The van der Waals surface area contributed by atoms with Crippen molar-refractivity contribution in [1.82, 2.24) is 0 Å². The summed E-state index contributed by atoms with van der Waals surface area (Å²) in [5.74, 6) is 1.06. The third-order valence-electron chi connectivity index (χ3n) is 2.52. The molecule has 1 aliphatic rings. The number of carbonyl (C=O) groups excluding carboxylic acids is 1. The van der Waals surface area contributed by atoms with Crippen molar-refractivity contribution in [3.63, 3.8) is 0 Å². The normalized spacial score (nSPS) is 17.1. The molecule has 0 heterocycles. The quantitative estimate of drug-likeness (QED) is 0.631. The first-order chi connectivity index (χ1) is 6.50. The Morgan fingerprint density at radius 2 is 2.07 bits per heavy atom. The van der Waals surface area contributed by atoms with Gasteiger partial charge in [0, 0.05) is 6.92 Å². The van der Waals surface area contributed by atoms with Crippen LogP contribution in [-0.4, -0.2) is 5.97 Å². The van der Waals surface area contributed by atoms with Gasteiger partial charge in [0.1, 0.15) is 5.76 Å². The van der Waals surface area contributed by atoms with Gasteiger partial charge in [0.15, 0.2) is 0 Å². The standard InChI is InChI=1S/C12H18O2/c1-8(2)11-6-5-9(3)12(7-11)14-10(4)13/h7-8H,5-6H2,1-4H3. The first kappa shape index (κ1) is 11.0. The van der Waals surface area contributed by atoms with Crippen molar-refractivity contribution >= 4 is 5.97 Å². The van der Waals surface area contributed by atoms with Crippen LogP contribution in [0.3, 0.4) is 0 Å². The summed E-state index contributed by atoms with van der Waals surface area (Å²) in [6.45, 7) is 7.79. The maximum absolute atomic E-state index is 10.8.